The largest absolute Gasteiger partial charge is 1.00 e. The van der Waals surface area contributed by atoms with Crippen LogP contribution in [-0.2, 0) is 10.4 Å². The van der Waals surface area contributed by atoms with E-state index in [1.54, 1.807) is 0 Å². The van der Waals surface area contributed by atoms with Gasteiger partial charge in [0.2, 0.25) is 0 Å². The summed E-state index contributed by atoms with van der Waals surface area (Å²) in [7, 11) is -4.67. The second-order valence-corrected chi connectivity index (χ2v) is 5.03. The predicted molar refractivity (Wildman–Crippen MR) is 71.4 cm³/mol. The normalized spacial score (nSPS) is 10.2. The van der Waals surface area contributed by atoms with Crippen molar-refractivity contribution in [3.8, 4) is 0 Å². The molecule has 6 heteroatoms. The van der Waals surface area contributed by atoms with Crippen molar-refractivity contribution in [3.63, 3.8) is 0 Å². The molecule has 4 nitrogen and oxygen atoms in total. The maximum Gasteiger partial charge on any atom is 1.00 e. The van der Waals surface area contributed by atoms with Crippen LogP contribution in [0.2, 0.25) is 0 Å². The molecule has 2 N–H and O–H groups in total. The molecule has 0 aliphatic rings. The van der Waals surface area contributed by atoms with Crippen molar-refractivity contribution >= 4 is 10.4 Å². The Hall–Kier alpha value is 0.870. The molecule has 18 heavy (non-hydrogen) atoms. The van der Waals surface area contributed by atoms with E-state index in [0.29, 0.717) is 0 Å². The predicted octanol–water partition coefficient (Wildman–Crippen LogP) is 1.09. The molecule has 0 unspecified atom stereocenters. The summed E-state index contributed by atoms with van der Waals surface area (Å²) in [5, 5.41) is 0. The van der Waals surface area contributed by atoms with Crippen molar-refractivity contribution in [3.05, 3.63) is 6.92 Å². The molecule has 0 aromatic carbocycles. The van der Waals surface area contributed by atoms with E-state index in [4.69, 9.17) is 17.5 Å². The van der Waals surface area contributed by atoms with E-state index in [1.165, 1.54) is 57.8 Å². The Morgan fingerprint density at radius 2 is 1.11 bits per heavy atom. The molecule has 0 aromatic heterocycles. The van der Waals surface area contributed by atoms with Crippen molar-refractivity contribution in [2.75, 3.05) is 0 Å². The van der Waals surface area contributed by atoms with Gasteiger partial charge in [-0.2, -0.15) is 14.8 Å². The Labute approximate surface area is 135 Å². The molecule has 0 spiro atoms. The van der Waals surface area contributed by atoms with E-state index >= 15 is 0 Å². The summed E-state index contributed by atoms with van der Waals surface area (Å²) in [5.41, 5.74) is 0. The zero-order valence-corrected chi connectivity index (χ0v) is 14.7. The average molecular weight is 290 g/mol. The average Bonchev–Trinajstić information content (AvgIpc) is 2.20. The molecule has 0 heterocycles. The van der Waals surface area contributed by atoms with Gasteiger partial charge < -0.3 is 6.92 Å². The SMILES string of the molecule is O=S(=O)(O)O.[CH2-]CCCCCCCCCCC.[Na+]. The summed E-state index contributed by atoms with van der Waals surface area (Å²) < 4.78 is 31.6. The van der Waals surface area contributed by atoms with Gasteiger partial charge in [0.15, 0.2) is 0 Å². The van der Waals surface area contributed by atoms with Gasteiger partial charge in [0, 0.05) is 0 Å². The van der Waals surface area contributed by atoms with Crippen LogP contribution in [0.5, 0.6) is 0 Å². The molecular formula is C12H27NaO4S. The Morgan fingerprint density at radius 1 is 0.833 bits per heavy atom. The summed E-state index contributed by atoms with van der Waals surface area (Å²) in [6.45, 7) is 6.12. The Kier molecular flexibility index (Phi) is 23.8. The fourth-order valence-electron chi connectivity index (χ4n) is 1.49. The monoisotopic (exact) mass is 290 g/mol. The zero-order chi connectivity index (χ0) is 13.6. The second-order valence-electron chi connectivity index (χ2n) is 4.13. The van der Waals surface area contributed by atoms with Crippen LogP contribution in [-0.4, -0.2) is 17.5 Å². The molecule has 0 bridgehead atoms. The smallest absolute Gasteiger partial charge is 0.343 e. The molecule has 0 saturated carbocycles. The van der Waals surface area contributed by atoms with Gasteiger partial charge in [0.25, 0.3) is 0 Å². The summed E-state index contributed by atoms with van der Waals surface area (Å²) in [4.78, 5) is 0. The molecule has 0 atom stereocenters. The Morgan fingerprint density at radius 3 is 1.39 bits per heavy atom. The third kappa shape index (κ3) is 43.6. The minimum atomic E-state index is -4.67. The van der Waals surface area contributed by atoms with Gasteiger partial charge in [0.05, 0.1) is 0 Å². The fraction of sp³-hybridized carbons (Fsp3) is 0.917. The van der Waals surface area contributed by atoms with Crippen molar-refractivity contribution in [2.24, 2.45) is 0 Å². The molecular weight excluding hydrogens is 263 g/mol. The number of unbranched alkanes of at least 4 members (excludes halogenated alkanes) is 9. The van der Waals surface area contributed by atoms with Gasteiger partial charge in [-0.05, 0) is 0 Å². The fourth-order valence-corrected chi connectivity index (χ4v) is 1.49. The van der Waals surface area contributed by atoms with Crippen LogP contribution in [0, 0.1) is 6.92 Å². The first-order valence-electron chi connectivity index (χ1n) is 6.41. The maximum atomic E-state index is 8.74. The van der Waals surface area contributed by atoms with Gasteiger partial charge in [-0.1, -0.05) is 64.7 Å². The second kappa shape index (κ2) is 17.9. The number of rotatable bonds is 9. The van der Waals surface area contributed by atoms with Crippen LogP contribution in [0.1, 0.15) is 71.1 Å². The number of hydrogen-bond donors (Lipinski definition) is 2. The summed E-state index contributed by atoms with van der Waals surface area (Å²) in [6.07, 6.45) is 13.9. The van der Waals surface area contributed by atoms with Crippen LogP contribution in [0.15, 0.2) is 0 Å². The first kappa shape index (κ1) is 23.9. The molecule has 0 aliphatic heterocycles. The summed E-state index contributed by atoms with van der Waals surface area (Å²) >= 11 is 0. The van der Waals surface area contributed by atoms with Crippen molar-refractivity contribution in [2.45, 2.75) is 71.1 Å². The van der Waals surface area contributed by atoms with Crippen LogP contribution in [0.4, 0.5) is 0 Å². The molecule has 0 fully saturated rings. The van der Waals surface area contributed by atoms with E-state index in [0.717, 1.165) is 6.42 Å². The van der Waals surface area contributed by atoms with Crippen LogP contribution in [0.25, 0.3) is 0 Å². The zero-order valence-electron chi connectivity index (χ0n) is 11.9. The minimum absolute atomic E-state index is 0. The maximum absolute atomic E-state index is 8.74. The van der Waals surface area contributed by atoms with Gasteiger partial charge in [-0.15, -0.1) is 0 Å². The molecule has 0 aromatic rings. The van der Waals surface area contributed by atoms with E-state index in [1.807, 2.05) is 0 Å². The summed E-state index contributed by atoms with van der Waals surface area (Å²) in [6, 6.07) is 0. The molecule has 0 rings (SSSR count). The van der Waals surface area contributed by atoms with Crippen molar-refractivity contribution < 1.29 is 47.1 Å². The van der Waals surface area contributed by atoms with E-state index in [-0.39, 0.29) is 29.6 Å². The molecule has 0 radical (unpaired) electrons. The molecule has 0 aliphatic carbocycles. The topological polar surface area (TPSA) is 74.6 Å². The molecule has 106 valence electrons. The standard InChI is InChI=1S/C12H25.Na.H2O4S/c1-3-5-7-9-11-12-10-8-6-4-2;;1-5(2,3)4/h1,3-12H2,2H3;;(H2,1,2,3,4)/q-1;+1;. The quantitative estimate of drug-likeness (QED) is 0.288. The van der Waals surface area contributed by atoms with Gasteiger partial charge in [-0.3, -0.25) is 9.11 Å². The third-order valence-corrected chi connectivity index (χ3v) is 2.35. The third-order valence-electron chi connectivity index (χ3n) is 2.35. The van der Waals surface area contributed by atoms with Gasteiger partial charge >= 0.3 is 40.0 Å². The molecule has 0 saturated heterocycles. The van der Waals surface area contributed by atoms with Crippen LogP contribution < -0.4 is 29.6 Å². The first-order valence-corrected chi connectivity index (χ1v) is 7.80. The van der Waals surface area contributed by atoms with Crippen LogP contribution in [0.3, 0.4) is 0 Å². The Bertz CT molecular complexity index is 212. The van der Waals surface area contributed by atoms with Crippen LogP contribution >= 0.6 is 0 Å². The van der Waals surface area contributed by atoms with E-state index in [2.05, 4.69) is 13.8 Å². The van der Waals surface area contributed by atoms with E-state index in [9.17, 15) is 0 Å². The summed E-state index contributed by atoms with van der Waals surface area (Å²) in [5.74, 6) is 0. The first-order chi connectivity index (χ1) is 7.91. The molecule has 0 amide bonds. The minimum Gasteiger partial charge on any atom is -0.343 e. The number of hydrogen-bond acceptors (Lipinski definition) is 2. The van der Waals surface area contributed by atoms with Crippen molar-refractivity contribution in [1.82, 2.24) is 0 Å². The van der Waals surface area contributed by atoms with E-state index < -0.39 is 10.4 Å². The Balaban J connectivity index is -0.000000321. The van der Waals surface area contributed by atoms with Crippen molar-refractivity contribution in [1.29, 1.82) is 0 Å². The van der Waals surface area contributed by atoms with Gasteiger partial charge in [0.1, 0.15) is 0 Å². The van der Waals surface area contributed by atoms with Gasteiger partial charge in [-0.25, -0.2) is 0 Å².